The lowest BCUT2D eigenvalue weighted by molar-refractivity contribution is -0.0256. The maximum Gasteiger partial charge on any atom is 0.320 e. The number of aromatic amines is 1. The Morgan fingerprint density at radius 1 is 1.08 bits per heavy atom. The zero-order chi connectivity index (χ0) is 25.6. The number of aliphatic hydroxyl groups is 1. The standard InChI is InChI=1S/C30H32N4O3/c1-20-31-25-10-8-23(17-26(25)32-20)22-9-11-28-24(16-22)19-33(14-15-37-28)29(35)34-13-12-30(2,36)18-27(34)21-6-4-3-5-7-21/h3-11,16-17,27,36H,12-15,18-19H2,1-2H3,(H,31,32)/t27-,30-/m1/s1. The van der Waals surface area contributed by atoms with Crippen LogP contribution in [-0.4, -0.2) is 56.2 Å². The number of urea groups is 1. The zero-order valence-electron chi connectivity index (χ0n) is 21.3. The predicted molar refractivity (Wildman–Crippen MR) is 143 cm³/mol. The molecule has 0 spiro atoms. The number of hydrogen-bond acceptors (Lipinski definition) is 4. The number of likely N-dealkylation sites (tertiary alicyclic amines) is 1. The van der Waals surface area contributed by atoms with E-state index < -0.39 is 5.60 Å². The van der Waals surface area contributed by atoms with E-state index in [2.05, 4.69) is 34.2 Å². The van der Waals surface area contributed by atoms with Gasteiger partial charge in [0.25, 0.3) is 0 Å². The molecule has 0 bridgehead atoms. The summed E-state index contributed by atoms with van der Waals surface area (Å²) in [7, 11) is 0. The maximum atomic E-state index is 13.9. The fourth-order valence-electron chi connectivity index (χ4n) is 5.58. The quantitative estimate of drug-likeness (QED) is 0.387. The third-order valence-corrected chi connectivity index (χ3v) is 7.58. The molecule has 0 saturated carbocycles. The summed E-state index contributed by atoms with van der Waals surface area (Å²) in [5, 5.41) is 10.8. The Kier molecular flexibility index (Phi) is 5.88. The van der Waals surface area contributed by atoms with Crippen molar-refractivity contribution in [1.82, 2.24) is 19.8 Å². The number of H-pyrrole nitrogens is 1. The molecule has 1 saturated heterocycles. The van der Waals surface area contributed by atoms with Gasteiger partial charge in [-0.15, -0.1) is 0 Å². The Labute approximate surface area is 216 Å². The lowest BCUT2D eigenvalue weighted by Gasteiger charge is -2.44. The summed E-state index contributed by atoms with van der Waals surface area (Å²) in [5.74, 6) is 1.71. The van der Waals surface area contributed by atoms with Crippen molar-refractivity contribution in [3.63, 3.8) is 0 Å². The first-order valence-corrected chi connectivity index (χ1v) is 12.9. The van der Waals surface area contributed by atoms with Crippen LogP contribution >= 0.6 is 0 Å². The van der Waals surface area contributed by atoms with Gasteiger partial charge >= 0.3 is 6.03 Å². The van der Waals surface area contributed by atoms with Crippen LogP contribution in [0.4, 0.5) is 4.79 Å². The smallest absolute Gasteiger partial charge is 0.320 e. The van der Waals surface area contributed by atoms with E-state index in [1.54, 1.807) is 0 Å². The van der Waals surface area contributed by atoms with Crippen molar-refractivity contribution in [3.05, 3.63) is 83.7 Å². The summed E-state index contributed by atoms with van der Waals surface area (Å²) in [5.41, 5.74) is 5.36. The molecule has 4 aromatic rings. The Morgan fingerprint density at radius 2 is 1.86 bits per heavy atom. The normalized spacial score (nSPS) is 21.9. The fourth-order valence-corrected chi connectivity index (χ4v) is 5.58. The van der Waals surface area contributed by atoms with E-state index in [0.29, 0.717) is 39.1 Å². The molecule has 1 aromatic heterocycles. The van der Waals surface area contributed by atoms with Gasteiger partial charge in [0, 0.05) is 18.5 Å². The Morgan fingerprint density at radius 3 is 2.70 bits per heavy atom. The van der Waals surface area contributed by atoms with Crippen LogP contribution in [0, 0.1) is 6.92 Å². The van der Waals surface area contributed by atoms with Crippen molar-refractivity contribution in [2.45, 2.75) is 44.9 Å². The molecule has 0 radical (unpaired) electrons. The Hall–Kier alpha value is -3.84. The third kappa shape index (κ3) is 4.67. The monoisotopic (exact) mass is 496 g/mol. The van der Waals surface area contributed by atoms with Crippen LogP contribution in [0.15, 0.2) is 66.7 Å². The first-order valence-electron chi connectivity index (χ1n) is 12.9. The van der Waals surface area contributed by atoms with Crippen LogP contribution in [0.25, 0.3) is 22.2 Å². The van der Waals surface area contributed by atoms with Gasteiger partial charge in [-0.1, -0.05) is 42.5 Å². The van der Waals surface area contributed by atoms with Crippen LogP contribution in [0.5, 0.6) is 5.75 Å². The number of aromatic nitrogens is 2. The molecule has 0 aliphatic carbocycles. The van der Waals surface area contributed by atoms with Crippen LogP contribution < -0.4 is 4.74 Å². The van der Waals surface area contributed by atoms with E-state index in [4.69, 9.17) is 4.74 Å². The molecule has 6 rings (SSSR count). The van der Waals surface area contributed by atoms with Gasteiger partial charge in [0.05, 0.1) is 35.8 Å². The second-order valence-corrected chi connectivity index (χ2v) is 10.5. The summed E-state index contributed by atoms with van der Waals surface area (Å²) >= 11 is 0. The molecule has 190 valence electrons. The number of hydrogen-bond donors (Lipinski definition) is 2. The minimum Gasteiger partial charge on any atom is -0.491 e. The van der Waals surface area contributed by atoms with E-state index in [1.165, 1.54) is 0 Å². The molecule has 2 aliphatic rings. The number of imidazole rings is 1. The number of rotatable bonds is 2. The molecule has 7 nitrogen and oxygen atoms in total. The summed E-state index contributed by atoms with van der Waals surface area (Å²) in [4.78, 5) is 25.5. The summed E-state index contributed by atoms with van der Waals surface area (Å²) in [6, 6.07) is 22.3. The second kappa shape index (κ2) is 9.23. The number of aryl methyl sites for hydroxylation is 1. The third-order valence-electron chi connectivity index (χ3n) is 7.58. The first kappa shape index (κ1) is 23.6. The van der Waals surface area contributed by atoms with Gasteiger partial charge in [0.1, 0.15) is 18.2 Å². The summed E-state index contributed by atoms with van der Waals surface area (Å²) < 4.78 is 6.06. The van der Waals surface area contributed by atoms with Gasteiger partial charge in [-0.2, -0.15) is 0 Å². The molecular weight excluding hydrogens is 464 g/mol. The minimum absolute atomic E-state index is 0.0134. The Balaban J connectivity index is 1.28. The first-order chi connectivity index (χ1) is 17.9. The van der Waals surface area contributed by atoms with E-state index in [1.807, 2.05) is 66.1 Å². The lowest BCUT2D eigenvalue weighted by Crippen LogP contribution is -2.51. The van der Waals surface area contributed by atoms with E-state index in [9.17, 15) is 9.90 Å². The average Bonchev–Trinajstić information content (AvgIpc) is 3.13. The molecular formula is C30H32N4O3. The van der Waals surface area contributed by atoms with Crippen LogP contribution in [0.2, 0.25) is 0 Å². The topological polar surface area (TPSA) is 81.7 Å². The van der Waals surface area contributed by atoms with Crippen molar-refractivity contribution in [1.29, 1.82) is 0 Å². The highest BCUT2D eigenvalue weighted by atomic mass is 16.5. The van der Waals surface area contributed by atoms with Crippen molar-refractivity contribution in [2.75, 3.05) is 19.7 Å². The largest absolute Gasteiger partial charge is 0.491 e. The Bertz CT molecular complexity index is 1450. The summed E-state index contributed by atoms with van der Waals surface area (Å²) in [6.45, 7) is 5.76. The van der Waals surface area contributed by atoms with Gasteiger partial charge in [0.2, 0.25) is 0 Å². The SMILES string of the molecule is Cc1nc2ccc(-c3ccc4c(c3)CN(C(=O)N3CC[C@@](C)(O)C[C@@H]3c3ccccc3)CCO4)cc2[nH]1. The molecule has 3 aromatic carbocycles. The molecule has 2 amide bonds. The lowest BCUT2D eigenvalue weighted by atomic mass is 9.85. The van der Waals surface area contributed by atoms with Crippen molar-refractivity contribution in [2.24, 2.45) is 0 Å². The number of benzene rings is 3. The van der Waals surface area contributed by atoms with Crippen LogP contribution in [0.3, 0.4) is 0 Å². The van der Waals surface area contributed by atoms with Crippen molar-refractivity contribution >= 4 is 17.1 Å². The fraction of sp³-hybridized carbons (Fsp3) is 0.333. The molecule has 1 fully saturated rings. The molecule has 37 heavy (non-hydrogen) atoms. The number of nitrogens with one attached hydrogen (secondary N) is 1. The van der Waals surface area contributed by atoms with E-state index in [0.717, 1.165) is 44.9 Å². The predicted octanol–water partition coefficient (Wildman–Crippen LogP) is 5.44. The van der Waals surface area contributed by atoms with Crippen LogP contribution in [-0.2, 0) is 6.54 Å². The number of carbonyl (C=O) groups excluding carboxylic acids is 1. The highest BCUT2D eigenvalue weighted by molar-refractivity contribution is 5.82. The van der Waals surface area contributed by atoms with Crippen molar-refractivity contribution in [3.8, 4) is 16.9 Å². The van der Waals surface area contributed by atoms with Gasteiger partial charge in [-0.05, 0) is 61.2 Å². The highest BCUT2D eigenvalue weighted by Gasteiger charge is 2.39. The van der Waals surface area contributed by atoms with Gasteiger partial charge < -0.3 is 24.6 Å². The molecule has 2 aliphatic heterocycles. The highest BCUT2D eigenvalue weighted by Crippen LogP contribution is 2.38. The van der Waals surface area contributed by atoms with Gasteiger partial charge in [0.15, 0.2) is 0 Å². The van der Waals surface area contributed by atoms with Gasteiger partial charge in [-0.3, -0.25) is 0 Å². The average molecular weight is 497 g/mol. The molecule has 3 heterocycles. The summed E-state index contributed by atoms with van der Waals surface area (Å²) in [6.07, 6.45) is 1.08. The number of amides is 2. The van der Waals surface area contributed by atoms with E-state index >= 15 is 0 Å². The molecule has 2 atom stereocenters. The van der Waals surface area contributed by atoms with E-state index in [-0.39, 0.29) is 12.1 Å². The number of ether oxygens (including phenoxy) is 1. The van der Waals surface area contributed by atoms with Crippen LogP contribution in [0.1, 0.15) is 42.8 Å². The molecule has 2 N–H and O–H groups in total. The number of carbonyl (C=O) groups is 1. The van der Waals surface area contributed by atoms with Gasteiger partial charge in [-0.25, -0.2) is 9.78 Å². The number of nitrogens with zero attached hydrogens (tertiary/aromatic N) is 3. The molecule has 7 heteroatoms. The zero-order valence-corrected chi connectivity index (χ0v) is 21.3. The maximum absolute atomic E-state index is 13.9. The second-order valence-electron chi connectivity index (χ2n) is 10.5. The van der Waals surface area contributed by atoms with Crippen molar-refractivity contribution < 1.29 is 14.6 Å². The molecule has 0 unspecified atom stereocenters. The number of fused-ring (bicyclic) bond motifs is 2. The number of piperidine rings is 1. The minimum atomic E-state index is -0.797.